The van der Waals surface area contributed by atoms with E-state index < -0.39 is 11.8 Å². The molecule has 0 fully saturated rings. The molecule has 5 rings (SSSR count). The molecule has 0 atom stereocenters. The Morgan fingerprint density at radius 2 is 1.97 bits per heavy atom. The van der Waals surface area contributed by atoms with Crippen LogP contribution < -0.4 is 5.32 Å². The molecule has 0 radical (unpaired) electrons. The van der Waals surface area contributed by atoms with E-state index in [1.807, 2.05) is 30.3 Å². The zero-order valence-electron chi connectivity index (χ0n) is 17.7. The van der Waals surface area contributed by atoms with Gasteiger partial charge in [-0.05, 0) is 48.0 Å². The highest BCUT2D eigenvalue weighted by molar-refractivity contribution is 5.79. The minimum atomic E-state index is -0.491. The van der Waals surface area contributed by atoms with E-state index in [1.54, 1.807) is 29.1 Å². The first-order valence-corrected chi connectivity index (χ1v) is 10.3. The maximum atomic E-state index is 14.6. The highest BCUT2D eigenvalue weighted by Crippen LogP contribution is 2.25. The van der Waals surface area contributed by atoms with Crippen molar-refractivity contribution in [2.45, 2.75) is 6.54 Å². The van der Waals surface area contributed by atoms with Crippen LogP contribution in [0.25, 0.3) is 33.3 Å². The molecule has 33 heavy (non-hydrogen) atoms. The monoisotopic (exact) mass is 442 g/mol. The summed E-state index contributed by atoms with van der Waals surface area (Å²) in [5, 5.41) is 12.2. The summed E-state index contributed by atoms with van der Waals surface area (Å²) >= 11 is 0. The van der Waals surface area contributed by atoms with Crippen LogP contribution in [0.5, 0.6) is 0 Å². The third kappa shape index (κ3) is 4.20. The number of esters is 1. The van der Waals surface area contributed by atoms with Gasteiger partial charge in [-0.1, -0.05) is 23.4 Å². The summed E-state index contributed by atoms with van der Waals surface area (Å²) in [6.45, 7) is 0.370. The molecule has 0 bridgehead atoms. The number of carbonyl (C=O) groups is 1. The Kier molecular flexibility index (Phi) is 5.35. The van der Waals surface area contributed by atoms with Crippen molar-refractivity contribution in [1.82, 2.24) is 25.0 Å². The smallest absolute Gasteiger partial charge is 0.325 e. The molecule has 164 valence electrons. The highest BCUT2D eigenvalue weighted by atomic mass is 19.1. The van der Waals surface area contributed by atoms with Gasteiger partial charge in [-0.25, -0.2) is 14.1 Å². The molecule has 1 N–H and O–H groups in total. The van der Waals surface area contributed by atoms with Crippen LogP contribution in [0.3, 0.4) is 0 Å². The molecule has 3 aromatic heterocycles. The Morgan fingerprint density at radius 1 is 1.09 bits per heavy atom. The number of benzene rings is 2. The predicted octanol–water partition coefficient (Wildman–Crippen LogP) is 3.81. The standard InChI is InChI=1S/C24H19FN6O2/c1-33-23(32)13-27-21-7-5-17(12-18(21)25)20-8-9-22-24(28-20)31(30-29-22)14-15-4-6-19-16(11-15)3-2-10-26-19/h2-12,27H,13-14H2,1H3. The van der Waals surface area contributed by atoms with Gasteiger partial charge in [0.15, 0.2) is 5.65 Å². The van der Waals surface area contributed by atoms with Crippen LogP contribution in [-0.4, -0.2) is 44.6 Å². The second kappa shape index (κ2) is 8.62. The zero-order valence-corrected chi connectivity index (χ0v) is 17.7. The van der Waals surface area contributed by atoms with Gasteiger partial charge in [-0.15, -0.1) is 5.10 Å². The molecular weight excluding hydrogens is 423 g/mol. The van der Waals surface area contributed by atoms with Crippen molar-refractivity contribution in [3.63, 3.8) is 0 Å². The molecule has 0 unspecified atom stereocenters. The SMILES string of the molecule is COC(=O)CNc1ccc(-c2ccc3nnn(Cc4ccc5ncccc5c4)c3n2)cc1F. The largest absolute Gasteiger partial charge is 0.468 e. The van der Waals surface area contributed by atoms with Crippen LogP contribution in [0, 0.1) is 5.82 Å². The molecule has 0 saturated carbocycles. The average Bonchev–Trinajstić information content (AvgIpc) is 3.24. The van der Waals surface area contributed by atoms with E-state index in [4.69, 9.17) is 0 Å². The van der Waals surface area contributed by atoms with Crippen LogP contribution in [0.2, 0.25) is 0 Å². The molecule has 3 heterocycles. The van der Waals surface area contributed by atoms with Gasteiger partial charge in [0.05, 0.1) is 30.6 Å². The summed E-state index contributed by atoms with van der Waals surface area (Å²) in [6, 6.07) is 18.2. The van der Waals surface area contributed by atoms with Gasteiger partial charge in [-0.2, -0.15) is 0 Å². The number of rotatable bonds is 6. The van der Waals surface area contributed by atoms with Crippen molar-refractivity contribution in [3.8, 4) is 11.3 Å². The number of fused-ring (bicyclic) bond motifs is 2. The first-order chi connectivity index (χ1) is 16.1. The van der Waals surface area contributed by atoms with Crippen LogP contribution in [0.1, 0.15) is 5.56 Å². The number of hydrogen-bond donors (Lipinski definition) is 1. The lowest BCUT2D eigenvalue weighted by atomic mass is 10.1. The quantitative estimate of drug-likeness (QED) is 0.400. The molecule has 0 saturated heterocycles. The highest BCUT2D eigenvalue weighted by Gasteiger charge is 2.12. The Balaban J connectivity index is 1.43. The number of anilines is 1. The number of aromatic nitrogens is 5. The minimum Gasteiger partial charge on any atom is -0.468 e. The lowest BCUT2D eigenvalue weighted by Crippen LogP contribution is -2.15. The Morgan fingerprint density at radius 3 is 2.82 bits per heavy atom. The lowest BCUT2D eigenvalue weighted by Gasteiger charge is -2.09. The number of ether oxygens (including phenoxy) is 1. The Labute approximate surface area is 188 Å². The van der Waals surface area contributed by atoms with E-state index in [-0.39, 0.29) is 12.2 Å². The zero-order chi connectivity index (χ0) is 22.8. The second-order valence-electron chi connectivity index (χ2n) is 7.44. The lowest BCUT2D eigenvalue weighted by molar-refractivity contribution is -0.138. The number of methoxy groups -OCH3 is 1. The van der Waals surface area contributed by atoms with Gasteiger partial charge in [0.25, 0.3) is 0 Å². The van der Waals surface area contributed by atoms with Crippen molar-refractivity contribution < 1.29 is 13.9 Å². The average molecular weight is 442 g/mol. The normalized spacial score (nSPS) is 11.1. The van der Waals surface area contributed by atoms with Crippen molar-refractivity contribution in [1.29, 1.82) is 0 Å². The summed E-state index contributed by atoms with van der Waals surface area (Å²) in [5.74, 6) is -0.969. The van der Waals surface area contributed by atoms with Gasteiger partial charge in [-0.3, -0.25) is 9.78 Å². The van der Waals surface area contributed by atoms with Gasteiger partial charge in [0.2, 0.25) is 0 Å². The van der Waals surface area contributed by atoms with Gasteiger partial charge in [0, 0.05) is 17.1 Å². The van der Waals surface area contributed by atoms with E-state index >= 15 is 0 Å². The van der Waals surface area contributed by atoms with Crippen molar-refractivity contribution in [2.75, 3.05) is 19.0 Å². The molecule has 5 aromatic rings. The molecule has 0 aliphatic heterocycles. The second-order valence-corrected chi connectivity index (χ2v) is 7.44. The third-order valence-corrected chi connectivity index (χ3v) is 5.27. The fourth-order valence-electron chi connectivity index (χ4n) is 3.57. The van der Waals surface area contributed by atoms with Crippen molar-refractivity contribution in [2.24, 2.45) is 0 Å². The van der Waals surface area contributed by atoms with E-state index in [0.717, 1.165) is 16.5 Å². The third-order valence-electron chi connectivity index (χ3n) is 5.27. The number of carbonyl (C=O) groups excluding carboxylic acids is 1. The maximum absolute atomic E-state index is 14.6. The maximum Gasteiger partial charge on any atom is 0.325 e. The summed E-state index contributed by atoms with van der Waals surface area (Å²) in [7, 11) is 1.28. The Hall–Kier alpha value is -4.40. The van der Waals surface area contributed by atoms with E-state index in [1.165, 1.54) is 13.2 Å². The number of pyridine rings is 2. The van der Waals surface area contributed by atoms with Crippen LogP contribution in [0.4, 0.5) is 10.1 Å². The number of hydrogen-bond acceptors (Lipinski definition) is 7. The van der Waals surface area contributed by atoms with Gasteiger partial charge >= 0.3 is 5.97 Å². The van der Waals surface area contributed by atoms with Crippen molar-refractivity contribution in [3.05, 3.63) is 78.2 Å². The molecule has 0 spiro atoms. The van der Waals surface area contributed by atoms with E-state index in [9.17, 15) is 9.18 Å². The van der Waals surface area contributed by atoms with E-state index in [2.05, 4.69) is 36.4 Å². The van der Waals surface area contributed by atoms with Crippen LogP contribution in [0.15, 0.2) is 66.9 Å². The first-order valence-electron chi connectivity index (χ1n) is 10.3. The van der Waals surface area contributed by atoms with Crippen molar-refractivity contribution >= 4 is 33.7 Å². The van der Waals surface area contributed by atoms with Crippen LogP contribution >= 0.6 is 0 Å². The van der Waals surface area contributed by atoms with Gasteiger partial charge in [0.1, 0.15) is 17.9 Å². The van der Waals surface area contributed by atoms with Crippen LogP contribution in [-0.2, 0) is 16.1 Å². The molecule has 9 heteroatoms. The fraction of sp³-hybridized carbons (Fsp3) is 0.125. The summed E-state index contributed by atoms with van der Waals surface area (Å²) < 4.78 is 20.8. The van der Waals surface area contributed by atoms with E-state index in [0.29, 0.717) is 29.0 Å². The topological polar surface area (TPSA) is 94.8 Å². The Bertz CT molecular complexity index is 1480. The molecule has 8 nitrogen and oxygen atoms in total. The number of nitrogens with zero attached hydrogens (tertiary/aromatic N) is 5. The molecule has 2 aromatic carbocycles. The van der Waals surface area contributed by atoms with Gasteiger partial charge < -0.3 is 10.1 Å². The number of nitrogens with one attached hydrogen (secondary N) is 1. The molecule has 0 aliphatic carbocycles. The number of halogens is 1. The minimum absolute atomic E-state index is 0.118. The summed E-state index contributed by atoms with van der Waals surface area (Å²) in [6.07, 6.45) is 1.77. The summed E-state index contributed by atoms with van der Waals surface area (Å²) in [4.78, 5) is 20.3. The fourth-order valence-corrected chi connectivity index (χ4v) is 3.57. The first kappa shape index (κ1) is 20.5. The molecule has 0 aliphatic rings. The molecular formula is C24H19FN6O2. The summed E-state index contributed by atoms with van der Waals surface area (Å²) in [5.41, 5.74) is 4.63. The molecule has 0 amide bonds. The predicted molar refractivity (Wildman–Crippen MR) is 122 cm³/mol.